The van der Waals surface area contributed by atoms with Crippen molar-refractivity contribution < 1.29 is 17.9 Å². The van der Waals surface area contributed by atoms with Gasteiger partial charge in [-0.2, -0.15) is 0 Å². The zero-order chi connectivity index (χ0) is 16.9. The van der Waals surface area contributed by atoms with E-state index in [4.69, 9.17) is 15.2 Å². The number of hydrogen-bond donors (Lipinski definition) is 2. The molecule has 0 radical (unpaired) electrons. The smallest absolute Gasteiger partial charge is 0.240 e. The molecule has 2 rings (SSSR count). The Morgan fingerprint density at radius 3 is 2.25 bits per heavy atom. The van der Waals surface area contributed by atoms with Gasteiger partial charge in [-0.25, -0.2) is 13.1 Å². The molecule has 0 aliphatic heterocycles. The molecule has 1 aromatic carbocycles. The van der Waals surface area contributed by atoms with Gasteiger partial charge in [-0.1, -0.05) is 0 Å². The third kappa shape index (κ3) is 5.51. The van der Waals surface area contributed by atoms with E-state index in [-0.39, 0.29) is 29.4 Å². The fourth-order valence-corrected chi connectivity index (χ4v) is 4.04. The van der Waals surface area contributed by atoms with Crippen LogP contribution in [0.5, 0.6) is 11.5 Å². The predicted molar refractivity (Wildman–Crippen MR) is 96.6 cm³/mol. The summed E-state index contributed by atoms with van der Waals surface area (Å²) in [5.74, 6) is 1.000. The molecule has 0 bridgehead atoms. The van der Waals surface area contributed by atoms with Gasteiger partial charge in [0.25, 0.3) is 0 Å². The lowest BCUT2D eigenvalue weighted by Gasteiger charge is -2.26. The van der Waals surface area contributed by atoms with Crippen LogP contribution in [-0.2, 0) is 10.0 Å². The molecule has 0 unspecified atom stereocenters. The van der Waals surface area contributed by atoms with Gasteiger partial charge in [-0.3, -0.25) is 0 Å². The van der Waals surface area contributed by atoms with E-state index in [1.807, 2.05) is 13.8 Å². The number of rotatable bonds is 7. The molecule has 3 N–H and O–H groups in total. The highest BCUT2D eigenvalue weighted by atomic mass is 35.5. The summed E-state index contributed by atoms with van der Waals surface area (Å²) in [5, 5.41) is 0. The quantitative estimate of drug-likeness (QED) is 0.760. The van der Waals surface area contributed by atoms with Crippen LogP contribution in [0.3, 0.4) is 0 Å². The van der Waals surface area contributed by atoms with Crippen LogP contribution in [0.1, 0.15) is 39.5 Å². The average molecular weight is 379 g/mol. The van der Waals surface area contributed by atoms with Crippen molar-refractivity contribution in [2.75, 3.05) is 13.2 Å². The van der Waals surface area contributed by atoms with E-state index >= 15 is 0 Å². The van der Waals surface area contributed by atoms with Crippen molar-refractivity contribution in [3.63, 3.8) is 0 Å². The molecule has 8 heteroatoms. The van der Waals surface area contributed by atoms with Crippen LogP contribution < -0.4 is 19.9 Å². The van der Waals surface area contributed by atoms with Crippen LogP contribution in [0.15, 0.2) is 23.1 Å². The predicted octanol–water partition coefficient (Wildman–Crippen LogP) is 2.45. The topological polar surface area (TPSA) is 90.7 Å². The standard InChI is InChI=1S/C16H26N2O4S.ClH/c1-3-21-15-10-9-14(11-16(15)22-4-2)23(19,20)18-13-7-5-12(17)6-8-13;/h9-13,18H,3-8,17H2,1-2H3;1H. The van der Waals surface area contributed by atoms with Gasteiger partial charge < -0.3 is 15.2 Å². The lowest BCUT2D eigenvalue weighted by Crippen LogP contribution is -2.40. The normalized spacial score (nSPS) is 21.0. The number of nitrogens with one attached hydrogen (secondary N) is 1. The van der Waals surface area contributed by atoms with Crippen LogP contribution in [0.2, 0.25) is 0 Å². The Morgan fingerprint density at radius 1 is 1.08 bits per heavy atom. The SMILES string of the molecule is CCOc1ccc(S(=O)(=O)NC2CCC(N)CC2)cc1OCC.Cl. The second-order valence-corrected chi connectivity index (χ2v) is 7.42. The van der Waals surface area contributed by atoms with E-state index < -0.39 is 10.0 Å². The lowest BCUT2D eigenvalue weighted by molar-refractivity contribution is 0.287. The molecule has 1 fully saturated rings. The van der Waals surface area contributed by atoms with Crippen LogP contribution in [0, 0.1) is 0 Å². The highest BCUT2D eigenvalue weighted by Crippen LogP contribution is 2.30. The maximum Gasteiger partial charge on any atom is 0.240 e. The molecule has 6 nitrogen and oxygen atoms in total. The number of hydrogen-bond acceptors (Lipinski definition) is 5. The Morgan fingerprint density at radius 2 is 1.67 bits per heavy atom. The summed E-state index contributed by atoms with van der Waals surface area (Å²) in [6.45, 7) is 4.65. The maximum atomic E-state index is 12.6. The largest absolute Gasteiger partial charge is 0.490 e. The highest BCUT2D eigenvalue weighted by Gasteiger charge is 2.25. The van der Waals surface area contributed by atoms with Gasteiger partial charge in [-0.15, -0.1) is 12.4 Å². The van der Waals surface area contributed by atoms with Crippen LogP contribution in [0.4, 0.5) is 0 Å². The molecule has 0 amide bonds. The maximum absolute atomic E-state index is 12.6. The first-order chi connectivity index (χ1) is 11.0. The third-order valence-electron chi connectivity index (χ3n) is 3.92. The number of benzene rings is 1. The van der Waals surface area contributed by atoms with Gasteiger partial charge in [0.2, 0.25) is 10.0 Å². The Balaban J connectivity index is 0.00000288. The first-order valence-corrected chi connectivity index (χ1v) is 9.62. The Kier molecular flexibility index (Phi) is 8.29. The van der Waals surface area contributed by atoms with Gasteiger partial charge in [0.15, 0.2) is 11.5 Å². The summed E-state index contributed by atoms with van der Waals surface area (Å²) in [4.78, 5) is 0.194. The molecule has 1 aliphatic rings. The molecule has 24 heavy (non-hydrogen) atoms. The molecule has 138 valence electrons. The lowest BCUT2D eigenvalue weighted by atomic mass is 9.93. The number of nitrogens with two attached hydrogens (primary N) is 1. The third-order valence-corrected chi connectivity index (χ3v) is 5.44. The second-order valence-electron chi connectivity index (χ2n) is 5.71. The Bertz CT molecular complexity index is 617. The minimum Gasteiger partial charge on any atom is -0.490 e. The molecule has 1 aliphatic carbocycles. The molecule has 1 aromatic rings. The molecule has 0 saturated heterocycles. The van der Waals surface area contributed by atoms with Gasteiger partial charge in [0.1, 0.15) is 0 Å². The summed E-state index contributed by atoms with van der Waals surface area (Å²) in [7, 11) is -3.58. The van der Waals surface area contributed by atoms with Crippen molar-refractivity contribution in [3.8, 4) is 11.5 Å². The summed E-state index contributed by atoms with van der Waals surface area (Å²) >= 11 is 0. The van der Waals surface area contributed by atoms with Gasteiger partial charge in [0, 0.05) is 18.2 Å². The van der Waals surface area contributed by atoms with E-state index in [1.165, 1.54) is 6.07 Å². The molecule has 1 saturated carbocycles. The van der Waals surface area contributed by atoms with Gasteiger partial charge in [0.05, 0.1) is 18.1 Å². The fourth-order valence-electron chi connectivity index (χ4n) is 2.72. The zero-order valence-corrected chi connectivity index (χ0v) is 15.8. The zero-order valence-electron chi connectivity index (χ0n) is 14.2. The van der Waals surface area contributed by atoms with E-state index in [2.05, 4.69) is 4.72 Å². The Labute approximate surface area is 150 Å². The molecule has 0 heterocycles. The van der Waals surface area contributed by atoms with Crippen molar-refractivity contribution in [3.05, 3.63) is 18.2 Å². The minimum atomic E-state index is -3.58. The fraction of sp³-hybridized carbons (Fsp3) is 0.625. The van der Waals surface area contributed by atoms with Crippen molar-refractivity contribution >= 4 is 22.4 Å². The van der Waals surface area contributed by atoms with Crippen LogP contribution in [-0.4, -0.2) is 33.7 Å². The Hall–Kier alpha value is -1.02. The summed E-state index contributed by atoms with van der Waals surface area (Å²) in [6, 6.07) is 4.84. The van der Waals surface area contributed by atoms with Crippen LogP contribution >= 0.6 is 12.4 Å². The average Bonchev–Trinajstić information content (AvgIpc) is 2.51. The highest BCUT2D eigenvalue weighted by molar-refractivity contribution is 7.89. The minimum absolute atomic E-state index is 0. The number of ether oxygens (including phenoxy) is 2. The summed E-state index contributed by atoms with van der Waals surface area (Å²) in [6.07, 6.45) is 3.24. The second kappa shape index (κ2) is 9.46. The molecule has 0 aromatic heterocycles. The van der Waals surface area contributed by atoms with E-state index in [0.29, 0.717) is 24.7 Å². The van der Waals surface area contributed by atoms with Crippen molar-refractivity contribution in [2.24, 2.45) is 5.73 Å². The van der Waals surface area contributed by atoms with Crippen molar-refractivity contribution in [1.82, 2.24) is 4.72 Å². The molecule has 0 atom stereocenters. The molecular weight excluding hydrogens is 352 g/mol. The summed E-state index contributed by atoms with van der Waals surface area (Å²) in [5.41, 5.74) is 5.86. The van der Waals surface area contributed by atoms with Crippen molar-refractivity contribution in [2.45, 2.75) is 56.5 Å². The van der Waals surface area contributed by atoms with E-state index in [9.17, 15) is 8.42 Å². The first-order valence-electron chi connectivity index (χ1n) is 8.13. The van der Waals surface area contributed by atoms with Crippen LogP contribution in [0.25, 0.3) is 0 Å². The van der Waals surface area contributed by atoms with Gasteiger partial charge >= 0.3 is 0 Å². The monoisotopic (exact) mass is 378 g/mol. The van der Waals surface area contributed by atoms with E-state index in [1.54, 1.807) is 12.1 Å². The van der Waals surface area contributed by atoms with Gasteiger partial charge in [-0.05, 0) is 51.7 Å². The first kappa shape index (κ1) is 21.0. The van der Waals surface area contributed by atoms with E-state index in [0.717, 1.165) is 25.7 Å². The number of sulfonamides is 1. The molecular formula is C16H27ClN2O4S. The molecule has 0 spiro atoms. The summed E-state index contributed by atoms with van der Waals surface area (Å²) < 4.78 is 38.9. The number of halogens is 1. The van der Waals surface area contributed by atoms with Crippen molar-refractivity contribution in [1.29, 1.82) is 0 Å².